The molecule has 2 amide bonds. The van der Waals surface area contributed by atoms with Gasteiger partial charge in [-0.3, -0.25) is 14.5 Å². The minimum atomic E-state index is -0.223. The van der Waals surface area contributed by atoms with Crippen LogP contribution >= 0.6 is 0 Å². The van der Waals surface area contributed by atoms with Gasteiger partial charge in [-0.1, -0.05) is 30.7 Å². The molecule has 0 atom stereocenters. The van der Waals surface area contributed by atoms with Crippen molar-refractivity contribution in [2.75, 3.05) is 38.7 Å². The van der Waals surface area contributed by atoms with E-state index in [1.807, 2.05) is 24.3 Å². The third kappa shape index (κ3) is 6.40. The second-order valence-corrected chi connectivity index (χ2v) is 7.64. The van der Waals surface area contributed by atoms with Gasteiger partial charge in [-0.2, -0.15) is 0 Å². The van der Waals surface area contributed by atoms with E-state index in [0.717, 1.165) is 26.1 Å². The van der Waals surface area contributed by atoms with E-state index in [1.165, 1.54) is 24.8 Å². The van der Waals surface area contributed by atoms with Crippen LogP contribution in [0, 0.1) is 0 Å². The van der Waals surface area contributed by atoms with E-state index in [1.54, 1.807) is 31.4 Å². The number of nitrogens with one attached hydrogen (secondary N) is 2. The lowest BCUT2D eigenvalue weighted by Crippen LogP contribution is -2.29. The standard InChI is InChI=1S/C24H31N3O3/c1-30-17-7-14-25-24(29)21-8-3-4-9-22(21)26-23(28)20-12-10-19(11-13-20)18-27-15-5-2-6-16-27/h3-4,8-13H,2,5-7,14-18H2,1H3,(H,25,29)(H,26,28). The summed E-state index contributed by atoms with van der Waals surface area (Å²) in [4.78, 5) is 27.7. The highest BCUT2D eigenvalue weighted by molar-refractivity contribution is 6.09. The van der Waals surface area contributed by atoms with Gasteiger partial charge >= 0.3 is 0 Å². The summed E-state index contributed by atoms with van der Waals surface area (Å²) >= 11 is 0. The molecule has 1 fully saturated rings. The first-order valence-electron chi connectivity index (χ1n) is 10.7. The molecule has 3 rings (SSSR count). The van der Waals surface area contributed by atoms with Crippen molar-refractivity contribution < 1.29 is 14.3 Å². The monoisotopic (exact) mass is 409 g/mol. The third-order valence-electron chi connectivity index (χ3n) is 5.30. The Morgan fingerprint density at radius 2 is 1.70 bits per heavy atom. The highest BCUT2D eigenvalue weighted by Gasteiger charge is 2.15. The molecule has 1 saturated heterocycles. The number of piperidine rings is 1. The van der Waals surface area contributed by atoms with Crippen LogP contribution in [-0.2, 0) is 11.3 Å². The number of para-hydroxylation sites is 1. The maximum absolute atomic E-state index is 12.7. The van der Waals surface area contributed by atoms with E-state index in [-0.39, 0.29) is 11.8 Å². The van der Waals surface area contributed by atoms with E-state index < -0.39 is 0 Å². The molecule has 0 unspecified atom stereocenters. The van der Waals surface area contributed by atoms with Gasteiger partial charge in [-0.05, 0) is 62.2 Å². The van der Waals surface area contributed by atoms with Crippen molar-refractivity contribution in [3.63, 3.8) is 0 Å². The van der Waals surface area contributed by atoms with Crippen molar-refractivity contribution in [1.29, 1.82) is 0 Å². The Balaban J connectivity index is 1.59. The first kappa shape index (κ1) is 22.0. The topological polar surface area (TPSA) is 70.7 Å². The van der Waals surface area contributed by atoms with Gasteiger partial charge in [0.2, 0.25) is 0 Å². The zero-order valence-electron chi connectivity index (χ0n) is 17.7. The number of ether oxygens (including phenoxy) is 1. The van der Waals surface area contributed by atoms with Crippen LogP contribution in [0.5, 0.6) is 0 Å². The van der Waals surface area contributed by atoms with Gasteiger partial charge in [-0.25, -0.2) is 0 Å². The van der Waals surface area contributed by atoms with Crippen LogP contribution in [0.1, 0.15) is 52.0 Å². The van der Waals surface area contributed by atoms with Gasteiger partial charge in [0.1, 0.15) is 0 Å². The number of benzene rings is 2. The minimum Gasteiger partial charge on any atom is -0.385 e. The molecule has 0 bridgehead atoms. The number of methoxy groups -OCH3 is 1. The summed E-state index contributed by atoms with van der Waals surface area (Å²) in [5, 5.41) is 5.73. The number of carbonyl (C=O) groups is 2. The Bertz CT molecular complexity index is 830. The largest absolute Gasteiger partial charge is 0.385 e. The summed E-state index contributed by atoms with van der Waals surface area (Å²) in [6.07, 6.45) is 4.59. The number of carbonyl (C=O) groups excluding carboxylic acids is 2. The van der Waals surface area contributed by atoms with Gasteiger partial charge in [0, 0.05) is 32.4 Å². The first-order chi connectivity index (χ1) is 14.7. The molecular weight excluding hydrogens is 378 g/mol. The maximum Gasteiger partial charge on any atom is 0.255 e. The van der Waals surface area contributed by atoms with Crippen LogP contribution < -0.4 is 10.6 Å². The molecule has 0 aromatic heterocycles. The Labute approximate surface area is 178 Å². The molecule has 2 N–H and O–H groups in total. The highest BCUT2D eigenvalue weighted by Crippen LogP contribution is 2.18. The molecule has 6 heteroatoms. The lowest BCUT2D eigenvalue weighted by atomic mass is 10.1. The Morgan fingerprint density at radius 3 is 2.43 bits per heavy atom. The number of hydrogen-bond acceptors (Lipinski definition) is 4. The van der Waals surface area contributed by atoms with Crippen molar-refractivity contribution >= 4 is 17.5 Å². The van der Waals surface area contributed by atoms with Gasteiger partial charge < -0.3 is 15.4 Å². The molecule has 1 heterocycles. The maximum atomic E-state index is 12.7. The lowest BCUT2D eigenvalue weighted by molar-refractivity contribution is 0.0949. The molecule has 6 nitrogen and oxygen atoms in total. The second kappa shape index (κ2) is 11.5. The molecule has 0 spiro atoms. The predicted octanol–water partition coefficient (Wildman–Crippen LogP) is 3.69. The van der Waals surface area contributed by atoms with Gasteiger partial charge in [0.25, 0.3) is 11.8 Å². The molecule has 0 radical (unpaired) electrons. The number of anilines is 1. The summed E-state index contributed by atoms with van der Waals surface area (Å²) in [6, 6.07) is 14.8. The van der Waals surface area contributed by atoms with Crippen LogP contribution in [0.2, 0.25) is 0 Å². The fraction of sp³-hybridized carbons (Fsp3) is 0.417. The van der Waals surface area contributed by atoms with Crippen molar-refractivity contribution in [1.82, 2.24) is 10.2 Å². The zero-order chi connectivity index (χ0) is 21.2. The molecule has 30 heavy (non-hydrogen) atoms. The summed E-state index contributed by atoms with van der Waals surface area (Å²) in [5.41, 5.74) is 2.74. The van der Waals surface area contributed by atoms with Crippen molar-refractivity contribution in [2.45, 2.75) is 32.2 Å². The quantitative estimate of drug-likeness (QED) is 0.620. The van der Waals surface area contributed by atoms with E-state index >= 15 is 0 Å². The molecule has 1 aliphatic rings. The van der Waals surface area contributed by atoms with Crippen molar-refractivity contribution in [2.24, 2.45) is 0 Å². The lowest BCUT2D eigenvalue weighted by Gasteiger charge is -2.26. The van der Waals surface area contributed by atoms with Crippen LogP contribution in [0.4, 0.5) is 5.69 Å². The zero-order valence-corrected chi connectivity index (χ0v) is 17.7. The summed E-state index contributed by atoms with van der Waals surface area (Å²) in [7, 11) is 1.63. The van der Waals surface area contributed by atoms with E-state index in [0.29, 0.717) is 30.0 Å². The minimum absolute atomic E-state index is 0.209. The number of hydrogen-bond donors (Lipinski definition) is 2. The van der Waals surface area contributed by atoms with Crippen LogP contribution in [0.3, 0.4) is 0 Å². The molecule has 0 saturated carbocycles. The third-order valence-corrected chi connectivity index (χ3v) is 5.30. The normalized spacial score (nSPS) is 14.3. The average molecular weight is 410 g/mol. The fourth-order valence-electron chi connectivity index (χ4n) is 3.64. The number of amides is 2. The molecule has 2 aromatic rings. The summed E-state index contributed by atoms with van der Waals surface area (Å²) < 4.78 is 4.99. The van der Waals surface area contributed by atoms with E-state index in [9.17, 15) is 9.59 Å². The Kier molecular flexibility index (Phi) is 8.41. The van der Waals surface area contributed by atoms with Gasteiger partial charge in [0.05, 0.1) is 11.3 Å². The smallest absolute Gasteiger partial charge is 0.255 e. The number of likely N-dealkylation sites (tertiary alicyclic amines) is 1. The number of rotatable bonds is 9. The van der Waals surface area contributed by atoms with E-state index in [2.05, 4.69) is 15.5 Å². The molecule has 160 valence electrons. The van der Waals surface area contributed by atoms with Gasteiger partial charge in [-0.15, -0.1) is 0 Å². The van der Waals surface area contributed by atoms with Crippen LogP contribution in [0.25, 0.3) is 0 Å². The fourth-order valence-corrected chi connectivity index (χ4v) is 3.64. The van der Waals surface area contributed by atoms with Crippen molar-refractivity contribution in [3.8, 4) is 0 Å². The first-order valence-corrected chi connectivity index (χ1v) is 10.7. The second-order valence-electron chi connectivity index (χ2n) is 7.64. The molecule has 1 aliphatic heterocycles. The predicted molar refractivity (Wildman–Crippen MR) is 119 cm³/mol. The van der Waals surface area contributed by atoms with Crippen molar-refractivity contribution in [3.05, 3.63) is 65.2 Å². The highest BCUT2D eigenvalue weighted by atomic mass is 16.5. The Morgan fingerprint density at radius 1 is 0.967 bits per heavy atom. The Hall–Kier alpha value is -2.70. The average Bonchev–Trinajstić information content (AvgIpc) is 2.78. The van der Waals surface area contributed by atoms with Crippen LogP contribution in [0.15, 0.2) is 48.5 Å². The molecule has 2 aromatic carbocycles. The molecular formula is C24H31N3O3. The summed E-state index contributed by atoms with van der Waals surface area (Å²) in [5.74, 6) is -0.432. The molecule has 0 aliphatic carbocycles. The van der Waals surface area contributed by atoms with Crippen LogP contribution in [-0.4, -0.2) is 50.1 Å². The van der Waals surface area contributed by atoms with E-state index in [4.69, 9.17) is 4.74 Å². The van der Waals surface area contributed by atoms with Gasteiger partial charge in [0.15, 0.2) is 0 Å². The number of nitrogens with zero attached hydrogens (tertiary/aromatic N) is 1. The summed E-state index contributed by atoms with van der Waals surface area (Å²) in [6.45, 7) is 4.33. The SMILES string of the molecule is COCCCNC(=O)c1ccccc1NC(=O)c1ccc(CN2CCCCC2)cc1.